The monoisotopic (exact) mass is 560 g/mol. The van der Waals surface area contributed by atoms with E-state index in [1.165, 1.54) is 65.9 Å². The Morgan fingerprint density at radius 1 is 0.273 bits per heavy atom. The first kappa shape index (κ1) is 24.7. The minimum atomic E-state index is 1.15. The molecule has 0 unspecified atom stereocenters. The van der Waals surface area contributed by atoms with Crippen molar-refractivity contribution < 1.29 is 0 Å². The minimum absolute atomic E-state index is 1.15. The summed E-state index contributed by atoms with van der Waals surface area (Å²) in [6.45, 7) is 0. The van der Waals surface area contributed by atoms with Gasteiger partial charge in [0.05, 0.1) is 22.1 Å². The van der Waals surface area contributed by atoms with Gasteiger partial charge in [0.15, 0.2) is 0 Å². The van der Waals surface area contributed by atoms with Gasteiger partial charge in [0.1, 0.15) is 0 Å². The van der Waals surface area contributed by atoms with Crippen molar-refractivity contribution in [1.29, 1.82) is 0 Å². The van der Waals surface area contributed by atoms with Crippen molar-refractivity contribution in [3.05, 3.63) is 170 Å². The van der Waals surface area contributed by atoms with E-state index in [2.05, 4.69) is 179 Å². The quantitative estimate of drug-likeness (QED) is 0.203. The van der Waals surface area contributed by atoms with Crippen molar-refractivity contribution in [3.8, 4) is 33.6 Å². The van der Waals surface area contributed by atoms with Crippen LogP contribution in [0.4, 0.5) is 0 Å². The van der Waals surface area contributed by atoms with Gasteiger partial charge in [-0.25, -0.2) is 0 Å². The summed E-state index contributed by atoms with van der Waals surface area (Å²) in [5.74, 6) is 0. The second-order valence-electron chi connectivity index (χ2n) is 11.4. The maximum Gasteiger partial charge on any atom is 0.0788 e. The van der Waals surface area contributed by atoms with Crippen molar-refractivity contribution in [2.75, 3.05) is 0 Å². The summed E-state index contributed by atoms with van der Waals surface area (Å²) in [4.78, 5) is 0. The van der Waals surface area contributed by atoms with Gasteiger partial charge in [-0.3, -0.25) is 0 Å². The molecule has 44 heavy (non-hydrogen) atoms. The zero-order chi connectivity index (χ0) is 29.0. The number of fused-ring (bicyclic) bond motifs is 7. The summed E-state index contributed by atoms with van der Waals surface area (Å²) >= 11 is 0. The molecular formula is C42H28N2. The standard InChI is InChI=1S/C42H28N2/c1-4-12-29(13-5-1)31-20-23-34(24-21-31)44-40-27-22-32(30-14-6-2-7-15-30)28-38(40)37-26-25-36-35-18-10-11-19-39(35)43(41(36)42(37)44)33-16-8-3-9-17-33/h1-28H. The van der Waals surface area contributed by atoms with Gasteiger partial charge in [-0.15, -0.1) is 0 Å². The second kappa shape index (κ2) is 9.86. The summed E-state index contributed by atoms with van der Waals surface area (Å²) in [6, 6.07) is 61.4. The fourth-order valence-electron chi connectivity index (χ4n) is 6.91. The molecule has 0 bridgehead atoms. The molecule has 0 atom stereocenters. The average Bonchev–Trinajstić information content (AvgIpc) is 3.62. The minimum Gasteiger partial charge on any atom is -0.307 e. The average molecular weight is 561 g/mol. The number of rotatable bonds is 4. The molecule has 0 radical (unpaired) electrons. The van der Waals surface area contributed by atoms with Gasteiger partial charge < -0.3 is 9.13 Å². The molecule has 0 fully saturated rings. The fraction of sp³-hybridized carbons (Fsp3) is 0. The third-order valence-corrected chi connectivity index (χ3v) is 8.92. The van der Waals surface area contributed by atoms with Crippen LogP contribution in [0, 0.1) is 0 Å². The molecule has 2 aromatic heterocycles. The number of para-hydroxylation sites is 2. The normalized spacial score (nSPS) is 11.6. The van der Waals surface area contributed by atoms with E-state index in [4.69, 9.17) is 0 Å². The molecule has 9 rings (SSSR count). The van der Waals surface area contributed by atoms with Gasteiger partial charge in [-0.05, 0) is 64.7 Å². The summed E-state index contributed by atoms with van der Waals surface area (Å²) in [7, 11) is 0. The lowest BCUT2D eigenvalue weighted by atomic mass is 10.0. The van der Waals surface area contributed by atoms with Gasteiger partial charge in [0, 0.05) is 32.9 Å². The highest BCUT2D eigenvalue weighted by atomic mass is 15.0. The zero-order valence-corrected chi connectivity index (χ0v) is 24.1. The lowest BCUT2D eigenvalue weighted by molar-refractivity contribution is 1.15. The summed E-state index contributed by atoms with van der Waals surface area (Å²) in [5.41, 5.74) is 12.0. The maximum absolute atomic E-state index is 2.47. The van der Waals surface area contributed by atoms with E-state index in [1.54, 1.807) is 0 Å². The van der Waals surface area contributed by atoms with Crippen LogP contribution < -0.4 is 0 Å². The predicted molar refractivity (Wildman–Crippen MR) is 186 cm³/mol. The first-order valence-corrected chi connectivity index (χ1v) is 15.1. The molecule has 0 spiro atoms. The Bertz CT molecular complexity index is 2450. The number of aromatic nitrogens is 2. The molecule has 2 heteroatoms. The van der Waals surface area contributed by atoms with Crippen LogP contribution in [0.1, 0.15) is 0 Å². The van der Waals surface area contributed by atoms with Gasteiger partial charge in [0.25, 0.3) is 0 Å². The number of hydrogen-bond acceptors (Lipinski definition) is 0. The molecule has 206 valence electrons. The van der Waals surface area contributed by atoms with E-state index >= 15 is 0 Å². The maximum atomic E-state index is 2.47. The molecule has 2 heterocycles. The number of benzene rings is 7. The molecule has 0 aliphatic heterocycles. The first-order chi connectivity index (χ1) is 21.8. The number of hydrogen-bond donors (Lipinski definition) is 0. The molecule has 0 saturated heterocycles. The number of nitrogens with zero attached hydrogens (tertiary/aromatic N) is 2. The van der Waals surface area contributed by atoms with E-state index in [1.807, 2.05) is 0 Å². The van der Waals surface area contributed by atoms with Gasteiger partial charge in [-0.1, -0.05) is 127 Å². The van der Waals surface area contributed by atoms with Gasteiger partial charge in [0.2, 0.25) is 0 Å². The van der Waals surface area contributed by atoms with Crippen LogP contribution in [0.25, 0.3) is 77.2 Å². The Morgan fingerprint density at radius 2 is 0.727 bits per heavy atom. The van der Waals surface area contributed by atoms with Crippen LogP contribution in [0.5, 0.6) is 0 Å². The van der Waals surface area contributed by atoms with E-state index in [-0.39, 0.29) is 0 Å². The highest BCUT2D eigenvalue weighted by Gasteiger charge is 2.21. The second-order valence-corrected chi connectivity index (χ2v) is 11.4. The van der Waals surface area contributed by atoms with Crippen LogP contribution in [-0.4, -0.2) is 9.13 Å². The van der Waals surface area contributed by atoms with E-state index in [0.717, 1.165) is 11.4 Å². The Kier molecular flexibility index (Phi) is 5.54. The van der Waals surface area contributed by atoms with E-state index < -0.39 is 0 Å². The SMILES string of the molecule is c1ccc(-c2ccc(-n3c4ccc(-c5ccccc5)cc4c4ccc5c6ccccc6n(-c6ccccc6)c5c43)cc2)cc1. The van der Waals surface area contributed by atoms with Gasteiger partial charge in [-0.2, -0.15) is 0 Å². The van der Waals surface area contributed by atoms with Gasteiger partial charge >= 0.3 is 0 Å². The fourth-order valence-corrected chi connectivity index (χ4v) is 6.91. The molecule has 0 amide bonds. The van der Waals surface area contributed by atoms with Crippen molar-refractivity contribution >= 4 is 43.6 Å². The molecule has 0 aliphatic carbocycles. The highest BCUT2D eigenvalue weighted by Crippen LogP contribution is 2.42. The first-order valence-electron chi connectivity index (χ1n) is 15.1. The van der Waals surface area contributed by atoms with Crippen molar-refractivity contribution in [3.63, 3.8) is 0 Å². The molecular weight excluding hydrogens is 532 g/mol. The summed E-state index contributed by atoms with van der Waals surface area (Å²) in [5, 5.41) is 5.01. The Balaban J connectivity index is 1.42. The van der Waals surface area contributed by atoms with Crippen LogP contribution in [0.15, 0.2) is 170 Å². The largest absolute Gasteiger partial charge is 0.307 e. The van der Waals surface area contributed by atoms with Crippen LogP contribution in [-0.2, 0) is 0 Å². The molecule has 9 aromatic rings. The molecule has 0 aliphatic rings. The lowest BCUT2D eigenvalue weighted by Crippen LogP contribution is -1.98. The topological polar surface area (TPSA) is 9.86 Å². The lowest BCUT2D eigenvalue weighted by Gasteiger charge is -2.13. The molecule has 0 saturated carbocycles. The zero-order valence-electron chi connectivity index (χ0n) is 24.1. The summed E-state index contributed by atoms with van der Waals surface area (Å²) in [6.07, 6.45) is 0. The Morgan fingerprint density at radius 3 is 1.39 bits per heavy atom. The van der Waals surface area contributed by atoms with Crippen molar-refractivity contribution in [2.45, 2.75) is 0 Å². The van der Waals surface area contributed by atoms with E-state index in [9.17, 15) is 0 Å². The molecule has 7 aromatic carbocycles. The summed E-state index contributed by atoms with van der Waals surface area (Å²) < 4.78 is 4.91. The van der Waals surface area contributed by atoms with Crippen LogP contribution >= 0.6 is 0 Å². The smallest absolute Gasteiger partial charge is 0.0788 e. The Labute approximate surface area is 255 Å². The predicted octanol–water partition coefficient (Wildman–Crippen LogP) is 11.2. The van der Waals surface area contributed by atoms with Crippen LogP contribution in [0.2, 0.25) is 0 Å². The third-order valence-electron chi connectivity index (χ3n) is 8.92. The van der Waals surface area contributed by atoms with Crippen molar-refractivity contribution in [2.24, 2.45) is 0 Å². The van der Waals surface area contributed by atoms with E-state index in [0.29, 0.717) is 0 Å². The molecule has 0 N–H and O–H groups in total. The third kappa shape index (κ3) is 3.75. The van der Waals surface area contributed by atoms with Crippen molar-refractivity contribution in [1.82, 2.24) is 9.13 Å². The Hall–Kier alpha value is -5.86. The van der Waals surface area contributed by atoms with Crippen LogP contribution in [0.3, 0.4) is 0 Å². The highest BCUT2D eigenvalue weighted by molar-refractivity contribution is 6.24. The molecule has 2 nitrogen and oxygen atoms in total.